The zero-order valence-corrected chi connectivity index (χ0v) is 15.1. The molecule has 0 radical (unpaired) electrons. The van der Waals surface area contributed by atoms with Crippen molar-refractivity contribution in [2.75, 3.05) is 20.2 Å². The average Bonchev–Trinajstić information content (AvgIpc) is 2.89. The van der Waals surface area contributed by atoms with Gasteiger partial charge >= 0.3 is 5.97 Å². The van der Waals surface area contributed by atoms with Crippen molar-refractivity contribution in [1.29, 1.82) is 10.7 Å². The lowest BCUT2D eigenvalue weighted by Gasteiger charge is -2.28. The van der Waals surface area contributed by atoms with E-state index in [4.69, 9.17) is 5.41 Å². The number of methoxy groups -OCH3 is 1. The van der Waals surface area contributed by atoms with Crippen LogP contribution in [-0.4, -0.2) is 52.5 Å². The van der Waals surface area contributed by atoms with Crippen molar-refractivity contribution < 1.29 is 19.4 Å². The summed E-state index contributed by atoms with van der Waals surface area (Å²) in [5, 5.41) is 28.2. The molecule has 26 heavy (non-hydrogen) atoms. The Labute approximate surface area is 151 Å². The van der Waals surface area contributed by atoms with Crippen LogP contribution in [0.4, 0.5) is 0 Å². The molecule has 8 heteroatoms. The van der Waals surface area contributed by atoms with E-state index in [-0.39, 0.29) is 28.4 Å². The molecule has 2 rings (SSSR count). The van der Waals surface area contributed by atoms with Gasteiger partial charge in [0.25, 0.3) is 0 Å². The summed E-state index contributed by atoms with van der Waals surface area (Å²) in [6.45, 7) is 4.16. The second-order valence-electron chi connectivity index (χ2n) is 6.11. The Morgan fingerprint density at radius 3 is 2.42 bits per heavy atom. The highest BCUT2D eigenvalue weighted by molar-refractivity contribution is 6.05. The van der Waals surface area contributed by atoms with Crippen molar-refractivity contribution in [3.8, 4) is 11.8 Å². The molecule has 1 fully saturated rings. The number of aromatic nitrogens is 1. The smallest absolute Gasteiger partial charge is 0.343 e. The summed E-state index contributed by atoms with van der Waals surface area (Å²) in [6, 6.07) is 1.96. The first-order chi connectivity index (χ1) is 12.3. The Kier molecular flexibility index (Phi) is 5.82. The van der Waals surface area contributed by atoms with Gasteiger partial charge in [0.15, 0.2) is 5.75 Å². The molecule has 0 spiro atoms. The highest BCUT2D eigenvalue weighted by atomic mass is 16.5. The van der Waals surface area contributed by atoms with Gasteiger partial charge < -0.3 is 14.7 Å². The van der Waals surface area contributed by atoms with Crippen LogP contribution < -0.4 is 0 Å². The molecule has 1 aliphatic heterocycles. The number of nitriles is 1. The van der Waals surface area contributed by atoms with Crippen LogP contribution in [0.15, 0.2) is 5.57 Å². The fourth-order valence-corrected chi connectivity index (χ4v) is 3.16. The predicted octanol–water partition coefficient (Wildman–Crippen LogP) is 2.32. The number of rotatable bonds is 3. The van der Waals surface area contributed by atoms with Gasteiger partial charge in [0.2, 0.25) is 5.91 Å². The highest BCUT2D eigenvalue weighted by Gasteiger charge is 2.27. The maximum absolute atomic E-state index is 12.0. The molecule has 0 saturated carbocycles. The van der Waals surface area contributed by atoms with Crippen LogP contribution in [0.25, 0.3) is 6.08 Å². The van der Waals surface area contributed by atoms with Crippen LogP contribution in [0.3, 0.4) is 0 Å². The molecule has 0 bridgehead atoms. The third-order valence-electron chi connectivity index (χ3n) is 4.45. The largest absolute Gasteiger partial charge is 0.505 e. The van der Waals surface area contributed by atoms with Crippen LogP contribution in [-0.2, 0) is 4.74 Å². The van der Waals surface area contributed by atoms with Gasteiger partial charge in [-0.3, -0.25) is 14.8 Å². The SMILES string of the molecule is COC(=O)c1c(O)c(/C=C(\C#N)C(=N)N2CCCCC2)n(C(C)=O)c1C. The maximum atomic E-state index is 12.0. The topological polar surface area (TPSA) is 119 Å². The fraction of sp³-hybridized carbons (Fsp3) is 0.444. The van der Waals surface area contributed by atoms with E-state index < -0.39 is 17.6 Å². The second kappa shape index (κ2) is 7.87. The van der Waals surface area contributed by atoms with Crippen LogP contribution in [0.5, 0.6) is 5.75 Å². The van der Waals surface area contributed by atoms with Crippen LogP contribution in [0.1, 0.15) is 52.7 Å². The molecule has 2 N–H and O–H groups in total. The molecule has 2 heterocycles. The number of hydrogen-bond donors (Lipinski definition) is 2. The number of hydrogen-bond acceptors (Lipinski definition) is 6. The zero-order chi connectivity index (χ0) is 19.4. The van der Waals surface area contributed by atoms with Crippen molar-refractivity contribution in [3.05, 3.63) is 22.5 Å². The fourth-order valence-electron chi connectivity index (χ4n) is 3.16. The Hall–Kier alpha value is -3.08. The van der Waals surface area contributed by atoms with Crippen molar-refractivity contribution in [2.24, 2.45) is 0 Å². The average molecular weight is 358 g/mol. The summed E-state index contributed by atoms with van der Waals surface area (Å²) in [4.78, 5) is 25.8. The van der Waals surface area contributed by atoms with Crippen LogP contribution in [0, 0.1) is 23.7 Å². The lowest BCUT2D eigenvalue weighted by molar-refractivity contribution is 0.0597. The quantitative estimate of drug-likeness (QED) is 0.370. The van der Waals surface area contributed by atoms with Crippen LogP contribution in [0.2, 0.25) is 0 Å². The van der Waals surface area contributed by atoms with E-state index in [0.717, 1.165) is 23.8 Å². The normalized spacial score (nSPS) is 14.7. The van der Waals surface area contributed by atoms with Gasteiger partial charge in [0.05, 0.1) is 18.4 Å². The summed E-state index contributed by atoms with van der Waals surface area (Å²) in [6.07, 6.45) is 4.25. The van der Waals surface area contributed by atoms with E-state index in [1.165, 1.54) is 27.0 Å². The number of carbonyl (C=O) groups is 2. The molecule has 0 atom stereocenters. The first kappa shape index (κ1) is 19.2. The van der Waals surface area contributed by atoms with Gasteiger partial charge in [-0.15, -0.1) is 0 Å². The minimum atomic E-state index is -0.778. The minimum Gasteiger partial charge on any atom is -0.505 e. The first-order valence-corrected chi connectivity index (χ1v) is 8.32. The first-order valence-electron chi connectivity index (χ1n) is 8.32. The predicted molar refractivity (Wildman–Crippen MR) is 95.2 cm³/mol. The van der Waals surface area contributed by atoms with Gasteiger partial charge in [-0.2, -0.15) is 5.26 Å². The minimum absolute atomic E-state index is 0.00582. The molecule has 1 aliphatic rings. The molecule has 1 aromatic heterocycles. The maximum Gasteiger partial charge on any atom is 0.343 e. The molecule has 0 aromatic carbocycles. The van der Waals surface area contributed by atoms with Crippen molar-refractivity contribution in [2.45, 2.75) is 33.1 Å². The number of nitrogens with zero attached hydrogens (tertiary/aromatic N) is 3. The number of esters is 1. The number of carbonyl (C=O) groups excluding carboxylic acids is 2. The van der Waals surface area contributed by atoms with Gasteiger partial charge in [0, 0.05) is 25.7 Å². The van der Waals surface area contributed by atoms with Gasteiger partial charge in [-0.25, -0.2) is 4.79 Å². The van der Waals surface area contributed by atoms with Crippen molar-refractivity contribution in [3.63, 3.8) is 0 Å². The van der Waals surface area contributed by atoms with E-state index in [1.54, 1.807) is 4.90 Å². The Bertz CT molecular complexity index is 823. The molecule has 1 aromatic rings. The van der Waals surface area contributed by atoms with Crippen molar-refractivity contribution in [1.82, 2.24) is 9.47 Å². The van der Waals surface area contributed by atoms with E-state index >= 15 is 0 Å². The molecule has 138 valence electrons. The Morgan fingerprint density at radius 2 is 1.92 bits per heavy atom. The number of likely N-dealkylation sites (tertiary alicyclic amines) is 1. The third kappa shape index (κ3) is 3.47. The molecule has 8 nitrogen and oxygen atoms in total. The Morgan fingerprint density at radius 1 is 1.31 bits per heavy atom. The molecule has 0 unspecified atom stereocenters. The monoisotopic (exact) mass is 358 g/mol. The number of amidine groups is 1. The molecule has 1 saturated heterocycles. The summed E-state index contributed by atoms with van der Waals surface area (Å²) >= 11 is 0. The Balaban J connectivity index is 2.56. The zero-order valence-electron chi connectivity index (χ0n) is 15.1. The summed E-state index contributed by atoms with van der Waals surface area (Å²) < 4.78 is 5.80. The third-order valence-corrected chi connectivity index (χ3v) is 4.45. The summed E-state index contributed by atoms with van der Waals surface area (Å²) in [5.41, 5.74) is 0.0953. The number of aromatic hydroxyl groups is 1. The van der Waals surface area contributed by atoms with Gasteiger partial charge in [-0.05, 0) is 32.3 Å². The van der Waals surface area contributed by atoms with Crippen molar-refractivity contribution >= 4 is 23.8 Å². The van der Waals surface area contributed by atoms with E-state index in [9.17, 15) is 20.0 Å². The number of ether oxygens (including phenoxy) is 1. The lowest BCUT2D eigenvalue weighted by Crippen LogP contribution is -2.35. The lowest BCUT2D eigenvalue weighted by atomic mass is 10.1. The van der Waals surface area contributed by atoms with E-state index in [1.807, 2.05) is 6.07 Å². The molecule has 0 aliphatic carbocycles. The van der Waals surface area contributed by atoms with Gasteiger partial charge in [-0.1, -0.05) is 0 Å². The van der Waals surface area contributed by atoms with Crippen LogP contribution >= 0.6 is 0 Å². The van der Waals surface area contributed by atoms with E-state index in [0.29, 0.717) is 13.1 Å². The standard InChI is InChI=1S/C18H22N4O4/c1-11-15(18(25)26-3)16(24)14(22(11)12(2)23)9-13(10-19)17(20)21-7-5-4-6-8-21/h9,20,24H,4-8H2,1-3H3/b13-9+,20-17?. The molecular weight excluding hydrogens is 336 g/mol. The van der Waals surface area contributed by atoms with E-state index in [2.05, 4.69) is 4.74 Å². The molecular formula is C18H22N4O4. The highest BCUT2D eigenvalue weighted by Crippen LogP contribution is 2.32. The second-order valence-corrected chi connectivity index (χ2v) is 6.11. The summed E-state index contributed by atoms with van der Waals surface area (Å²) in [7, 11) is 1.18. The number of piperidine rings is 1. The summed E-state index contributed by atoms with van der Waals surface area (Å²) in [5.74, 6) is -1.61. The van der Waals surface area contributed by atoms with Gasteiger partial charge in [0.1, 0.15) is 17.5 Å². The number of nitrogens with one attached hydrogen (secondary N) is 1. The molecule has 0 amide bonds.